The van der Waals surface area contributed by atoms with Crippen LogP contribution >= 0.6 is 127 Å². The third-order valence-electron chi connectivity index (χ3n) is 19.6. The van der Waals surface area contributed by atoms with Gasteiger partial charge in [-0.1, -0.05) is 238 Å². The quantitative estimate of drug-likeness (QED) is 0.0551. The van der Waals surface area contributed by atoms with Gasteiger partial charge >= 0.3 is 64.1 Å². The fourth-order valence-corrected chi connectivity index (χ4v) is 39.6. The van der Waals surface area contributed by atoms with Crippen molar-refractivity contribution in [3.05, 3.63) is 229 Å². The van der Waals surface area contributed by atoms with Crippen LogP contribution in [-0.4, -0.2) is 52.8 Å². The van der Waals surface area contributed by atoms with Crippen molar-refractivity contribution in [3.63, 3.8) is 0 Å². The molecule has 2 aromatic heterocycles. The first kappa shape index (κ1) is 83.3. The molecule has 0 N–H and O–H groups in total. The standard InChI is InChI=1S/C20H30Br2S2Si.C20H22Br2S2Si.2C15H16N2.CH4.2CH3.2ClH.2Zr/c2*1-9-11(3)19(17-15(9)13(21)7-23-17)25(5,6)20-12(4)10(2)16-14(22)8-24-18(16)20;2*1-3-8-14(9-4-1)16-12-7-13-17-15-10-5-2-6-11-15;;;;;;;/h7-12,15-20H,1-6H3;7-8,19-20H,1-6H3;2*1-6,8-11H,7,12-13H2;1H4;2*1H3;2*1H;;/q;;2*-2;;2*-1;;;2*+4/p-2. The number of thiophene rings is 2. The Morgan fingerprint density at radius 3 is 1.01 bits per heavy atom. The van der Waals surface area contributed by atoms with E-state index in [4.69, 9.17) is 17.0 Å². The van der Waals surface area contributed by atoms with Crippen LogP contribution in [0.1, 0.15) is 108 Å². The number of thioether (sulfide) groups is 2. The Bertz CT molecular complexity index is 3020. The second-order valence-corrected chi connectivity index (χ2v) is 46.1. The predicted octanol–water partition coefficient (Wildman–Crippen LogP) is 29.0. The molecule has 2 aliphatic heterocycles. The summed E-state index contributed by atoms with van der Waals surface area (Å²) < 4.78 is 5.54. The van der Waals surface area contributed by atoms with Gasteiger partial charge in [0.1, 0.15) is 0 Å². The molecule has 91 heavy (non-hydrogen) atoms. The second kappa shape index (κ2) is 39.0. The molecule has 0 radical (unpaired) electrons. The van der Waals surface area contributed by atoms with Gasteiger partial charge in [0.05, 0.1) is 16.1 Å². The molecule has 2 fully saturated rings. The molecule has 6 aromatic rings. The number of rotatable bonds is 16. The number of hydrogen-bond donors (Lipinski definition) is 0. The first-order chi connectivity index (χ1) is 41.7. The van der Waals surface area contributed by atoms with Crippen molar-refractivity contribution in [1.29, 1.82) is 0 Å². The van der Waals surface area contributed by atoms with Gasteiger partial charge in [-0.05, 0) is 116 Å². The summed E-state index contributed by atoms with van der Waals surface area (Å²) in [5.74, 6) is 4.87. The number of fused-ring (bicyclic) bond motifs is 4. The molecule has 0 saturated heterocycles. The van der Waals surface area contributed by atoms with E-state index in [2.05, 4.69) is 212 Å². The summed E-state index contributed by atoms with van der Waals surface area (Å²) in [7, 11) is 6.78. The number of para-hydroxylation sites is 4. The van der Waals surface area contributed by atoms with E-state index in [-0.39, 0.29) is 48.5 Å². The molecule has 4 aromatic carbocycles. The van der Waals surface area contributed by atoms with E-state index in [0.717, 1.165) is 119 Å². The number of allylic oxidation sites excluding steroid dienone is 6. The van der Waals surface area contributed by atoms with E-state index in [9.17, 15) is 0 Å². The van der Waals surface area contributed by atoms with Gasteiger partial charge in [-0.25, -0.2) is 0 Å². The first-order valence-corrected chi connectivity index (χ1v) is 49.9. The molecule has 12 rings (SSSR count). The van der Waals surface area contributed by atoms with Crippen molar-refractivity contribution >= 4 is 177 Å². The zero-order valence-electron chi connectivity index (χ0n) is 54.7. The minimum absolute atomic E-state index is 0. The van der Waals surface area contributed by atoms with Crippen LogP contribution in [0.2, 0.25) is 37.3 Å². The molecule has 4 heterocycles. The SMILES string of the molecule is C.CC1=C(C)C([Si](C)(C)C2C(C)=C(C)c3c(Br)csc32)c2scc(Br)c21.CC1C(C)C([Si](C)(C)C2C(C)C(C)C3C(Br)=CSC32)C2SC=C(Br)C12.[CH3-].[CH3-].[Cl][Zr+2][Cl].[Zr+4].c1ccc([N-]CCC[N-]c2ccccc2)cc1.c1ccc([N-]CCC[N-]c2ccccc2)cc1. The topological polar surface area (TPSA) is 56.4 Å². The summed E-state index contributed by atoms with van der Waals surface area (Å²) in [6.07, 6.45) is 1.98. The molecule has 4 nitrogen and oxygen atoms in total. The van der Waals surface area contributed by atoms with Crippen LogP contribution in [0.15, 0.2) is 172 Å². The van der Waals surface area contributed by atoms with Crippen molar-refractivity contribution in [2.75, 3.05) is 26.2 Å². The zero-order valence-corrected chi connectivity index (χ0v) is 72.8. The van der Waals surface area contributed by atoms with E-state index in [1.165, 1.54) is 40.2 Å². The van der Waals surface area contributed by atoms with Gasteiger partial charge in [-0.2, -0.15) is 0 Å². The Labute approximate surface area is 641 Å². The van der Waals surface area contributed by atoms with Gasteiger partial charge in [0, 0.05) is 83.0 Å². The third kappa shape index (κ3) is 19.6. The average Bonchev–Trinajstić information content (AvgIpc) is 1.57. The van der Waals surface area contributed by atoms with Gasteiger partial charge in [-0.15, -0.1) is 95.1 Å². The maximum Gasteiger partial charge on any atom is 4.00 e. The van der Waals surface area contributed by atoms with Crippen molar-refractivity contribution in [1.82, 2.24) is 0 Å². The molecule has 0 amide bonds. The van der Waals surface area contributed by atoms with E-state index < -0.39 is 37.0 Å². The molecule has 488 valence electrons. The van der Waals surface area contributed by atoms with Crippen LogP contribution in [0.25, 0.3) is 32.4 Å². The largest absolute Gasteiger partial charge is 4.00 e. The number of hydrogen-bond acceptors (Lipinski definition) is 4. The summed E-state index contributed by atoms with van der Waals surface area (Å²) in [4.78, 5) is 3.21. The molecule has 2 saturated carbocycles. The van der Waals surface area contributed by atoms with Crippen molar-refractivity contribution in [2.45, 2.75) is 135 Å². The molecule has 12 unspecified atom stereocenters. The summed E-state index contributed by atoms with van der Waals surface area (Å²) in [5.41, 5.74) is 16.5. The summed E-state index contributed by atoms with van der Waals surface area (Å²) in [5, 5.41) is 29.0. The minimum Gasteiger partial charge on any atom is -0.684 e. The number of nitrogens with zero attached hydrogens (tertiary/aromatic N) is 4. The van der Waals surface area contributed by atoms with Crippen molar-refractivity contribution in [3.8, 4) is 0 Å². The van der Waals surface area contributed by atoms with Crippen LogP contribution in [0.4, 0.5) is 22.7 Å². The van der Waals surface area contributed by atoms with E-state index in [0.29, 0.717) is 11.1 Å². The number of halogens is 6. The average molecular weight is 1780 g/mol. The van der Waals surface area contributed by atoms with Gasteiger partial charge in [-0.3, -0.25) is 0 Å². The van der Waals surface area contributed by atoms with Gasteiger partial charge in [0.2, 0.25) is 0 Å². The van der Waals surface area contributed by atoms with Gasteiger partial charge < -0.3 is 36.1 Å². The van der Waals surface area contributed by atoms with E-state index >= 15 is 0 Å². The van der Waals surface area contributed by atoms with E-state index in [1.807, 2.05) is 144 Å². The maximum absolute atomic E-state index is 4.93. The Hall–Kier alpha value is -0.160. The zero-order chi connectivity index (χ0) is 62.7. The fourth-order valence-electron chi connectivity index (χ4n) is 15.1. The summed E-state index contributed by atoms with van der Waals surface area (Å²) >= 11 is 22.8. The first-order valence-electron chi connectivity index (χ1n) is 30.4. The molecule has 4 aliphatic carbocycles. The maximum atomic E-state index is 4.93. The van der Waals surface area contributed by atoms with Crippen LogP contribution in [0, 0.1) is 50.4 Å². The Balaban J connectivity index is 0.000000255. The molecule has 6 aliphatic rings. The molecular formula is C73H94Br4Cl2N4S4Si2Zr2. The summed E-state index contributed by atoms with van der Waals surface area (Å²) in [6.45, 7) is 33.6. The fraction of sp³-hybridized carbons (Fsp3) is 0.425. The van der Waals surface area contributed by atoms with Crippen molar-refractivity contribution in [2.24, 2.45) is 35.5 Å². The minimum atomic E-state index is -1.66. The Morgan fingerprint density at radius 2 is 0.736 bits per heavy atom. The molecular weight excluding hydrogens is 1690 g/mol. The Morgan fingerprint density at radius 1 is 0.462 bits per heavy atom. The smallest absolute Gasteiger partial charge is 0.684 e. The summed E-state index contributed by atoms with van der Waals surface area (Å²) in [6, 6.07) is 40.2. The predicted molar refractivity (Wildman–Crippen MR) is 427 cm³/mol. The van der Waals surface area contributed by atoms with Gasteiger partial charge in [0.15, 0.2) is 0 Å². The Kier molecular flexibility index (Phi) is 35.7. The monoisotopic (exact) mass is 1780 g/mol. The van der Waals surface area contributed by atoms with Crippen LogP contribution in [0.5, 0.6) is 0 Å². The molecule has 0 bridgehead atoms. The molecule has 12 atom stereocenters. The number of benzene rings is 4. The molecule has 0 spiro atoms. The van der Waals surface area contributed by atoms with Crippen LogP contribution in [0.3, 0.4) is 0 Å². The molecule has 18 heteroatoms. The van der Waals surface area contributed by atoms with Crippen LogP contribution < -0.4 is 0 Å². The van der Waals surface area contributed by atoms with Gasteiger partial charge in [0.25, 0.3) is 0 Å². The second-order valence-electron chi connectivity index (χ2n) is 25.2. The normalized spacial score (nSPS) is 24.4. The van der Waals surface area contributed by atoms with E-state index in [1.54, 1.807) is 20.9 Å². The van der Waals surface area contributed by atoms with Crippen LogP contribution in [-0.2, 0) is 47.1 Å². The third-order valence-corrected chi connectivity index (χ3v) is 38.7. The van der Waals surface area contributed by atoms with Crippen molar-refractivity contribution < 1.29 is 47.1 Å².